The summed E-state index contributed by atoms with van der Waals surface area (Å²) in [5.41, 5.74) is 4.98. The molecule has 0 saturated heterocycles. The molecule has 0 fully saturated rings. The van der Waals surface area contributed by atoms with Crippen LogP contribution < -0.4 is 5.73 Å². The van der Waals surface area contributed by atoms with Crippen LogP contribution in [0.3, 0.4) is 0 Å². The Bertz CT molecular complexity index is 65.1. The van der Waals surface area contributed by atoms with E-state index < -0.39 is 0 Å². The summed E-state index contributed by atoms with van der Waals surface area (Å²) in [4.78, 5) is 0. The molecule has 0 atom stereocenters. The molecule has 3 heteroatoms. The van der Waals surface area contributed by atoms with Gasteiger partial charge in [0.1, 0.15) is 0 Å². The molecule has 11 heavy (non-hydrogen) atoms. The maximum atomic E-state index is 8.15. The number of rotatable bonds is 5. The summed E-state index contributed by atoms with van der Waals surface area (Å²) in [6.07, 6.45) is 4.30. The molecule has 0 aromatic carbocycles. The van der Waals surface area contributed by atoms with E-state index in [1.165, 1.54) is 0 Å². The van der Waals surface area contributed by atoms with E-state index in [1.807, 2.05) is 0 Å². The first-order valence-electron chi connectivity index (χ1n) is 3.86. The summed E-state index contributed by atoms with van der Waals surface area (Å²) in [5.74, 6) is 0. The zero-order valence-corrected chi connectivity index (χ0v) is 7.00. The third-order valence-corrected chi connectivity index (χ3v) is 0.929. The minimum absolute atomic E-state index is 0.219. The van der Waals surface area contributed by atoms with Gasteiger partial charge >= 0.3 is 0 Å². The summed E-state index contributed by atoms with van der Waals surface area (Å²) in [7, 11) is 0. The minimum atomic E-state index is 0.219. The van der Waals surface area contributed by atoms with Crippen molar-refractivity contribution in [3.05, 3.63) is 12.7 Å². The van der Waals surface area contributed by atoms with Gasteiger partial charge in [-0.1, -0.05) is 6.08 Å². The van der Waals surface area contributed by atoms with E-state index in [1.54, 1.807) is 6.08 Å². The molecule has 68 valence electrons. The lowest BCUT2D eigenvalue weighted by Crippen LogP contribution is -1.99. The van der Waals surface area contributed by atoms with Crippen LogP contribution in [0, 0.1) is 0 Å². The number of nitrogens with two attached hydrogens (primary N) is 1. The van der Waals surface area contributed by atoms with Crippen LogP contribution in [0.1, 0.15) is 19.3 Å². The molecule has 0 bridgehead atoms. The second kappa shape index (κ2) is 16.3. The van der Waals surface area contributed by atoms with Crippen molar-refractivity contribution in [2.75, 3.05) is 19.8 Å². The number of aliphatic hydroxyl groups is 2. The van der Waals surface area contributed by atoms with Gasteiger partial charge in [0.2, 0.25) is 0 Å². The minimum Gasteiger partial charge on any atom is -0.396 e. The number of hydrogen-bond acceptors (Lipinski definition) is 3. The van der Waals surface area contributed by atoms with E-state index in [0.29, 0.717) is 6.54 Å². The first-order chi connectivity index (χ1) is 5.33. The van der Waals surface area contributed by atoms with Crippen molar-refractivity contribution in [2.45, 2.75) is 19.3 Å². The Balaban J connectivity index is 0. The maximum absolute atomic E-state index is 8.15. The van der Waals surface area contributed by atoms with Gasteiger partial charge in [-0.15, -0.1) is 6.58 Å². The lowest BCUT2D eigenvalue weighted by Gasteiger charge is -1.81. The molecule has 0 aliphatic rings. The number of hydrogen-bond donors (Lipinski definition) is 3. The van der Waals surface area contributed by atoms with E-state index >= 15 is 0 Å². The molecule has 4 N–H and O–H groups in total. The monoisotopic (exact) mass is 161 g/mol. The fourth-order valence-corrected chi connectivity index (χ4v) is 0.327. The lowest BCUT2D eigenvalue weighted by molar-refractivity contribution is 0.289. The van der Waals surface area contributed by atoms with Crippen molar-refractivity contribution in [3.63, 3.8) is 0 Å². The van der Waals surface area contributed by atoms with Gasteiger partial charge < -0.3 is 15.9 Å². The topological polar surface area (TPSA) is 66.5 Å². The van der Waals surface area contributed by atoms with Crippen molar-refractivity contribution >= 4 is 0 Å². The van der Waals surface area contributed by atoms with Crippen LogP contribution >= 0.6 is 0 Å². The first-order valence-corrected chi connectivity index (χ1v) is 3.86. The van der Waals surface area contributed by atoms with Crippen LogP contribution in [0.5, 0.6) is 0 Å². The van der Waals surface area contributed by atoms with E-state index in [-0.39, 0.29) is 13.2 Å². The predicted molar refractivity (Wildman–Crippen MR) is 47.3 cm³/mol. The smallest absolute Gasteiger partial charge is 0.0443 e. The van der Waals surface area contributed by atoms with Gasteiger partial charge in [0, 0.05) is 13.2 Å². The first kappa shape index (κ1) is 13.2. The Labute approximate surface area is 68.5 Å². The molecule has 0 spiro atoms. The Morgan fingerprint density at radius 3 is 1.82 bits per heavy atom. The highest BCUT2D eigenvalue weighted by Crippen LogP contribution is 1.83. The van der Waals surface area contributed by atoms with E-state index in [0.717, 1.165) is 19.3 Å². The van der Waals surface area contributed by atoms with Crippen molar-refractivity contribution in [2.24, 2.45) is 5.73 Å². The highest BCUT2D eigenvalue weighted by atomic mass is 16.3. The molecule has 0 radical (unpaired) electrons. The molecule has 0 aliphatic carbocycles. The van der Waals surface area contributed by atoms with Crippen LogP contribution in [-0.2, 0) is 0 Å². The van der Waals surface area contributed by atoms with Gasteiger partial charge in [-0.05, 0) is 25.8 Å². The summed E-state index contributed by atoms with van der Waals surface area (Å²) in [5, 5.41) is 16.1. The van der Waals surface area contributed by atoms with E-state index in [2.05, 4.69) is 6.58 Å². The normalized spacial score (nSPS) is 8.27. The van der Waals surface area contributed by atoms with Crippen LogP contribution in [0.15, 0.2) is 12.7 Å². The van der Waals surface area contributed by atoms with Crippen molar-refractivity contribution in [1.29, 1.82) is 0 Å². The molecule has 0 saturated carbocycles. The second-order valence-corrected chi connectivity index (χ2v) is 2.02. The van der Waals surface area contributed by atoms with E-state index in [9.17, 15) is 0 Å². The van der Waals surface area contributed by atoms with Gasteiger partial charge in [0.25, 0.3) is 0 Å². The van der Waals surface area contributed by atoms with Gasteiger partial charge in [-0.3, -0.25) is 0 Å². The Hall–Kier alpha value is -0.380. The zero-order valence-electron chi connectivity index (χ0n) is 7.00. The van der Waals surface area contributed by atoms with Crippen LogP contribution in [-0.4, -0.2) is 30.0 Å². The third-order valence-electron chi connectivity index (χ3n) is 0.929. The van der Waals surface area contributed by atoms with E-state index in [4.69, 9.17) is 15.9 Å². The highest BCUT2D eigenvalue weighted by molar-refractivity contribution is 4.64. The SMILES string of the molecule is C=CCCCO.NCCCO. The van der Waals surface area contributed by atoms with Crippen molar-refractivity contribution in [1.82, 2.24) is 0 Å². The molecule has 0 aromatic heterocycles. The molecule has 0 aromatic rings. The summed E-state index contributed by atoms with van der Waals surface area (Å²) >= 11 is 0. The van der Waals surface area contributed by atoms with Gasteiger partial charge in [-0.25, -0.2) is 0 Å². The molecule has 3 nitrogen and oxygen atoms in total. The van der Waals surface area contributed by atoms with Gasteiger partial charge in [0.05, 0.1) is 0 Å². The summed E-state index contributed by atoms with van der Waals surface area (Å²) < 4.78 is 0. The molecular formula is C8H19NO2. The molecule has 0 heterocycles. The van der Waals surface area contributed by atoms with Gasteiger partial charge in [-0.2, -0.15) is 0 Å². The Morgan fingerprint density at radius 2 is 1.73 bits per heavy atom. The molecule has 0 rings (SSSR count). The zero-order chi connectivity index (χ0) is 8.95. The quantitative estimate of drug-likeness (QED) is 0.400. The molecule has 0 amide bonds. The van der Waals surface area contributed by atoms with Crippen LogP contribution in [0.25, 0.3) is 0 Å². The highest BCUT2D eigenvalue weighted by Gasteiger charge is 1.72. The van der Waals surface area contributed by atoms with Crippen LogP contribution in [0.4, 0.5) is 0 Å². The predicted octanol–water partition coefficient (Wildman–Crippen LogP) is 0.272. The van der Waals surface area contributed by atoms with Crippen molar-refractivity contribution < 1.29 is 10.2 Å². The standard InChI is InChI=1S/C5H10O.C3H9NO/c1-2-3-4-5-6;4-2-1-3-5/h2,6H,1,3-5H2;5H,1-4H2. The third kappa shape index (κ3) is 26.2. The molecular weight excluding hydrogens is 142 g/mol. The molecule has 0 aliphatic heterocycles. The summed E-state index contributed by atoms with van der Waals surface area (Å²) in [6.45, 7) is 4.58. The fourth-order valence-electron chi connectivity index (χ4n) is 0.327. The van der Waals surface area contributed by atoms with Gasteiger partial charge in [0.15, 0.2) is 0 Å². The Kier molecular flexibility index (Phi) is 19.6. The lowest BCUT2D eigenvalue weighted by atomic mass is 10.3. The maximum Gasteiger partial charge on any atom is 0.0443 e. The number of aliphatic hydroxyl groups excluding tert-OH is 2. The fraction of sp³-hybridized carbons (Fsp3) is 0.750. The molecule has 0 unspecified atom stereocenters. The summed E-state index contributed by atoms with van der Waals surface area (Å²) in [6, 6.07) is 0. The average molecular weight is 161 g/mol. The number of allylic oxidation sites excluding steroid dienone is 1. The van der Waals surface area contributed by atoms with Crippen LogP contribution in [0.2, 0.25) is 0 Å². The second-order valence-electron chi connectivity index (χ2n) is 2.02. The van der Waals surface area contributed by atoms with Crippen molar-refractivity contribution in [3.8, 4) is 0 Å². The largest absolute Gasteiger partial charge is 0.396 e. The Morgan fingerprint density at radius 1 is 1.18 bits per heavy atom. The number of unbranched alkanes of at least 4 members (excludes halogenated alkanes) is 1. The average Bonchev–Trinajstić information content (AvgIpc) is 2.04.